The first-order valence-corrected chi connectivity index (χ1v) is 11.3. The topological polar surface area (TPSA) is 130 Å². The van der Waals surface area contributed by atoms with E-state index in [2.05, 4.69) is 37.6 Å². The maximum absolute atomic E-state index is 13.1. The molecular weight excluding hydrogens is 515 g/mol. The van der Waals surface area contributed by atoms with E-state index in [0.717, 1.165) is 12.4 Å². The number of carbonyl (C=O) groups excluding carboxylic acids is 2. The molecule has 0 fully saturated rings. The molecule has 0 saturated heterocycles. The first kappa shape index (κ1) is 27.6. The van der Waals surface area contributed by atoms with Crippen LogP contribution in [0.2, 0.25) is 5.02 Å². The molecule has 0 spiro atoms. The minimum absolute atomic E-state index is 0.00586. The summed E-state index contributed by atoms with van der Waals surface area (Å²) in [4.78, 5) is 33.0. The number of carbonyl (C=O) groups is 2. The maximum Gasteiger partial charge on any atom is 0.416 e. The summed E-state index contributed by atoms with van der Waals surface area (Å²) in [6.07, 6.45) is -2.53. The number of hydrogen-bond donors (Lipinski definition) is 3. The molecule has 2 aromatic heterocycles. The number of alkyl halides is 3. The van der Waals surface area contributed by atoms with Crippen molar-refractivity contribution in [2.45, 2.75) is 38.9 Å². The summed E-state index contributed by atoms with van der Waals surface area (Å²) in [5, 5.41) is 17.5. The van der Waals surface area contributed by atoms with E-state index in [1.54, 1.807) is 6.92 Å². The summed E-state index contributed by atoms with van der Waals surface area (Å²) in [6, 6.07) is 3.90. The molecule has 37 heavy (non-hydrogen) atoms. The number of aromatic nitrogens is 3. The van der Waals surface area contributed by atoms with Gasteiger partial charge in [-0.1, -0.05) is 28.7 Å². The highest BCUT2D eigenvalue weighted by atomic mass is 35.5. The van der Waals surface area contributed by atoms with Crippen molar-refractivity contribution in [3.8, 4) is 11.8 Å². The number of nitrogens with one attached hydrogen (secondary N) is 2. The summed E-state index contributed by atoms with van der Waals surface area (Å²) in [5.41, 5.74) is -0.735. The number of hydrogen-bond acceptors (Lipinski definition) is 7. The van der Waals surface area contributed by atoms with Gasteiger partial charge in [0.1, 0.15) is 22.7 Å². The van der Waals surface area contributed by atoms with E-state index in [9.17, 15) is 22.8 Å². The van der Waals surface area contributed by atoms with Gasteiger partial charge in [-0.2, -0.15) is 13.2 Å². The minimum atomic E-state index is -4.57. The Balaban J connectivity index is 1.68. The Hall–Kier alpha value is -3.95. The SMILES string of the molecule is Cc1ccc(NC(=O)c2cc(C(C)NC(=O)c3ncnc(C#CCCCO)c3Cl)no2)cc1C(F)(F)F. The molecule has 2 heterocycles. The van der Waals surface area contributed by atoms with E-state index in [1.807, 2.05) is 0 Å². The second kappa shape index (κ2) is 11.9. The van der Waals surface area contributed by atoms with Crippen molar-refractivity contribution in [1.29, 1.82) is 0 Å². The van der Waals surface area contributed by atoms with Crippen molar-refractivity contribution in [2.75, 3.05) is 11.9 Å². The van der Waals surface area contributed by atoms with Gasteiger partial charge in [-0.05, 0) is 43.9 Å². The minimum Gasteiger partial charge on any atom is -0.396 e. The van der Waals surface area contributed by atoms with Gasteiger partial charge < -0.3 is 20.3 Å². The second-order valence-electron chi connectivity index (χ2n) is 7.81. The predicted octanol–water partition coefficient (Wildman–Crippen LogP) is 4.31. The van der Waals surface area contributed by atoms with E-state index in [1.165, 1.54) is 25.1 Å². The average molecular weight is 536 g/mol. The summed E-state index contributed by atoms with van der Waals surface area (Å²) >= 11 is 6.22. The molecule has 3 aromatic rings. The standard InChI is InChI=1S/C24H21ClF3N5O4/c1-13-7-8-15(10-16(13)24(26,27)28)32-22(35)19-11-18(33-37-19)14(2)31-23(36)21-20(25)17(29-12-30-21)6-4-3-5-9-34/h7-8,10-12,14,34H,3,5,9H2,1-2H3,(H,31,36)(H,32,35). The fourth-order valence-electron chi connectivity index (χ4n) is 3.07. The summed E-state index contributed by atoms with van der Waals surface area (Å²) < 4.78 is 44.4. The summed E-state index contributed by atoms with van der Waals surface area (Å²) in [6.45, 7) is 2.88. The molecule has 2 amide bonds. The Labute approximate surface area is 214 Å². The Kier molecular flexibility index (Phi) is 8.86. The van der Waals surface area contributed by atoms with Crippen LogP contribution in [0.15, 0.2) is 35.1 Å². The molecule has 0 bridgehead atoms. The van der Waals surface area contributed by atoms with Gasteiger partial charge in [0.15, 0.2) is 5.69 Å². The quantitative estimate of drug-likeness (QED) is 0.303. The summed E-state index contributed by atoms with van der Waals surface area (Å²) in [7, 11) is 0. The third-order valence-corrected chi connectivity index (χ3v) is 5.37. The van der Waals surface area contributed by atoms with E-state index in [4.69, 9.17) is 21.2 Å². The molecule has 0 radical (unpaired) electrons. The molecule has 3 rings (SSSR count). The smallest absolute Gasteiger partial charge is 0.396 e. The molecule has 1 aromatic carbocycles. The highest BCUT2D eigenvalue weighted by Crippen LogP contribution is 2.33. The zero-order chi connectivity index (χ0) is 27.2. The largest absolute Gasteiger partial charge is 0.416 e. The van der Waals surface area contributed by atoms with Crippen molar-refractivity contribution in [2.24, 2.45) is 0 Å². The van der Waals surface area contributed by atoms with E-state index < -0.39 is 29.6 Å². The van der Waals surface area contributed by atoms with Crippen LogP contribution in [0.3, 0.4) is 0 Å². The van der Waals surface area contributed by atoms with Crippen LogP contribution in [0, 0.1) is 18.8 Å². The van der Waals surface area contributed by atoms with Crippen LogP contribution < -0.4 is 10.6 Å². The van der Waals surface area contributed by atoms with Crippen molar-refractivity contribution in [3.05, 3.63) is 69.6 Å². The van der Waals surface area contributed by atoms with E-state index in [-0.39, 0.29) is 45.7 Å². The van der Waals surface area contributed by atoms with Crippen LogP contribution in [0.25, 0.3) is 0 Å². The number of aryl methyl sites for hydroxylation is 1. The number of benzene rings is 1. The number of aliphatic hydroxyl groups is 1. The number of unbranched alkanes of at least 4 members (excludes halogenated alkanes) is 1. The molecule has 0 aliphatic rings. The molecule has 3 N–H and O–H groups in total. The highest BCUT2D eigenvalue weighted by Gasteiger charge is 2.32. The number of amides is 2. The Morgan fingerprint density at radius 1 is 1.22 bits per heavy atom. The van der Waals surface area contributed by atoms with Crippen LogP contribution in [-0.4, -0.2) is 38.7 Å². The summed E-state index contributed by atoms with van der Waals surface area (Å²) in [5.74, 6) is 3.75. The molecule has 0 saturated carbocycles. The lowest BCUT2D eigenvalue weighted by Crippen LogP contribution is -2.28. The monoisotopic (exact) mass is 535 g/mol. The maximum atomic E-state index is 13.1. The van der Waals surface area contributed by atoms with Gasteiger partial charge in [0.25, 0.3) is 11.8 Å². The Morgan fingerprint density at radius 3 is 2.68 bits per heavy atom. The predicted molar refractivity (Wildman–Crippen MR) is 127 cm³/mol. The molecule has 1 unspecified atom stereocenters. The van der Waals surface area contributed by atoms with Gasteiger partial charge in [-0.25, -0.2) is 9.97 Å². The van der Waals surface area contributed by atoms with Gasteiger partial charge in [0.05, 0.1) is 11.6 Å². The van der Waals surface area contributed by atoms with Gasteiger partial charge >= 0.3 is 6.18 Å². The fourth-order valence-corrected chi connectivity index (χ4v) is 3.30. The normalized spacial score (nSPS) is 11.9. The van der Waals surface area contributed by atoms with Gasteiger partial charge in [-0.3, -0.25) is 9.59 Å². The second-order valence-corrected chi connectivity index (χ2v) is 8.18. The third-order valence-electron chi connectivity index (χ3n) is 5.02. The Morgan fingerprint density at radius 2 is 1.97 bits per heavy atom. The molecule has 194 valence electrons. The van der Waals surface area contributed by atoms with Crippen LogP contribution in [0.5, 0.6) is 0 Å². The Bertz CT molecular complexity index is 1360. The van der Waals surface area contributed by atoms with E-state index >= 15 is 0 Å². The number of halogens is 4. The van der Waals surface area contributed by atoms with Gasteiger partial charge in [0.2, 0.25) is 5.76 Å². The van der Waals surface area contributed by atoms with Crippen LogP contribution in [0.1, 0.15) is 69.4 Å². The van der Waals surface area contributed by atoms with Gasteiger partial charge in [0, 0.05) is 24.8 Å². The van der Waals surface area contributed by atoms with Crippen LogP contribution >= 0.6 is 11.6 Å². The van der Waals surface area contributed by atoms with Crippen molar-refractivity contribution < 1.29 is 32.4 Å². The number of rotatable bonds is 7. The van der Waals surface area contributed by atoms with Crippen molar-refractivity contribution in [1.82, 2.24) is 20.4 Å². The lowest BCUT2D eigenvalue weighted by atomic mass is 10.1. The zero-order valence-electron chi connectivity index (χ0n) is 19.6. The molecule has 13 heteroatoms. The molecule has 0 aliphatic heterocycles. The van der Waals surface area contributed by atoms with E-state index in [0.29, 0.717) is 12.8 Å². The number of nitrogens with zero attached hydrogens (tertiary/aromatic N) is 3. The van der Waals surface area contributed by atoms with Gasteiger partial charge in [-0.15, -0.1) is 0 Å². The van der Waals surface area contributed by atoms with Crippen LogP contribution in [-0.2, 0) is 6.18 Å². The highest BCUT2D eigenvalue weighted by molar-refractivity contribution is 6.34. The lowest BCUT2D eigenvalue weighted by molar-refractivity contribution is -0.138. The van der Waals surface area contributed by atoms with Crippen LogP contribution in [0.4, 0.5) is 18.9 Å². The molecular formula is C24H21ClF3N5O4. The number of aliphatic hydroxyl groups excluding tert-OH is 1. The first-order valence-electron chi connectivity index (χ1n) is 10.9. The zero-order valence-corrected chi connectivity index (χ0v) is 20.4. The number of anilines is 1. The average Bonchev–Trinajstić information content (AvgIpc) is 3.34. The first-order chi connectivity index (χ1) is 17.5. The van der Waals surface area contributed by atoms with Crippen molar-refractivity contribution in [3.63, 3.8) is 0 Å². The third kappa shape index (κ3) is 7.05. The molecule has 9 nitrogen and oxygen atoms in total. The van der Waals surface area contributed by atoms with Crippen molar-refractivity contribution >= 4 is 29.1 Å². The lowest BCUT2D eigenvalue weighted by Gasteiger charge is -2.12. The fraction of sp³-hybridized carbons (Fsp3) is 0.292. The molecule has 0 aliphatic carbocycles. The molecule has 1 atom stereocenters.